The number of hydrogen-bond donors (Lipinski definition) is 1. The van der Waals surface area contributed by atoms with Crippen molar-refractivity contribution in [3.8, 4) is 5.75 Å². The van der Waals surface area contributed by atoms with Crippen LogP contribution in [0.4, 0.5) is 0 Å². The standard InChI is InChI=1S/C22H25NO3/c1-25-19-5-3-4-16(15-19)12-13-23-21-10-8-18-14-17(6-9-20(18)21)7-11-22(24)26-2/h3-7,9,11,14-15,21,23H,8,10,12-13H2,1-2H3. The summed E-state index contributed by atoms with van der Waals surface area (Å²) in [6.45, 7) is 0.932. The number of benzene rings is 2. The number of methoxy groups -OCH3 is 2. The van der Waals surface area contributed by atoms with Gasteiger partial charge in [-0.15, -0.1) is 0 Å². The SMILES string of the molecule is COC(=O)C=Cc1ccc2c(c1)CCC2NCCc1cccc(OC)c1. The molecule has 1 unspecified atom stereocenters. The minimum atomic E-state index is -0.331. The lowest BCUT2D eigenvalue weighted by atomic mass is 10.0. The third-order valence-corrected chi connectivity index (χ3v) is 4.80. The van der Waals surface area contributed by atoms with Crippen LogP contribution < -0.4 is 10.1 Å². The van der Waals surface area contributed by atoms with Gasteiger partial charge in [0.15, 0.2) is 0 Å². The van der Waals surface area contributed by atoms with Gasteiger partial charge in [-0.1, -0.05) is 30.3 Å². The molecular formula is C22H25NO3. The maximum Gasteiger partial charge on any atom is 0.330 e. The molecule has 0 amide bonds. The Balaban J connectivity index is 1.57. The van der Waals surface area contributed by atoms with Gasteiger partial charge < -0.3 is 14.8 Å². The summed E-state index contributed by atoms with van der Waals surface area (Å²) in [6, 6.07) is 15.0. The average molecular weight is 351 g/mol. The number of ether oxygens (including phenoxy) is 2. The van der Waals surface area contributed by atoms with Crippen LogP contribution in [-0.4, -0.2) is 26.7 Å². The van der Waals surface area contributed by atoms with Gasteiger partial charge in [-0.2, -0.15) is 0 Å². The predicted molar refractivity (Wildman–Crippen MR) is 103 cm³/mol. The number of hydrogen-bond acceptors (Lipinski definition) is 4. The largest absolute Gasteiger partial charge is 0.497 e. The van der Waals surface area contributed by atoms with E-state index in [1.54, 1.807) is 13.2 Å². The number of rotatable bonds is 7. The Labute approximate surface area is 154 Å². The normalized spacial score (nSPS) is 15.8. The zero-order valence-corrected chi connectivity index (χ0v) is 15.3. The number of fused-ring (bicyclic) bond motifs is 1. The van der Waals surface area contributed by atoms with E-state index in [0.717, 1.165) is 37.1 Å². The van der Waals surface area contributed by atoms with Gasteiger partial charge in [-0.3, -0.25) is 0 Å². The second-order valence-electron chi connectivity index (χ2n) is 6.46. The summed E-state index contributed by atoms with van der Waals surface area (Å²) < 4.78 is 9.91. The van der Waals surface area contributed by atoms with Crippen LogP contribution in [0.3, 0.4) is 0 Å². The molecule has 3 rings (SSSR count). The van der Waals surface area contributed by atoms with Gasteiger partial charge in [0.2, 0.25) is 0 Å². The molecule has 0 aromatic heterocycles. The van der Waals surface area contributed by atoms with Crippen molar-refractivity contribution in [1.82, 2.24) is 5.32 Å². The highest BCUT2D eigenvalue weighted by Gasteiger charge is 2.21. The summed E-state index contributed by atoms with van der Waals surface area (Å²) in [4.78, 5) is 11.2. The van der Waals surface area contributed by atoms with E-state index in [9.17, 15) is 4.79 Å². The Morgan fingerprint density at radius 2 is 2.12 bits per heavy atom. The lowest BCUT2D eigenvalue weighted by molar-refractivity contribution is -0.134. The molecule has 0 bridgehead atoms. The molecule has 136 valence electrons. The first-order valence-electron chi connectivity index (χ1n) is 8.95. The molecule has 1 atom stereocenters. The summed E-state index contributed by atoms with van der Waals surface area (Å²) in [5, 5.41) is 3.67. The fourth-order valence-electron chi connectivity index (χ4n) is 3.40. The highest BCUT2D eigenvalue weighted by molar-refractivity contribution is 5.86. The molecule has 0 radical (unpaired) electrons. The second-order valence-corrected chi connectivity index (χ2v) is 6.46. The second kappa shape index (κ2) is 8.68. The maximum atomic E-state index is 11.2. The number of aryl methyl sites for hydroxylation is 1. The van der Waals surface area contributed by atoms with Crippen molar-refractivity contribution < 1.29 is 14.3 Å². The fourth-order valence-corrected chi connectivity index (χ4v) is 3.40. The minimum absolute atomic E-state index is 0.331. The minimum Gasteiger partial charge on any atom is -0.497 e. The molecule has 4 nitrogen and oxygen atoms in total. The van der Waals surface area contributed by atoms with Crippen molar-refractivity contribution in [3.05, 3.63) is 70.8 Å². The van der Waals surface area contributed by atoms with E-state index in [2.05, 4.69) is 40.4 Å². The molecular weight excluding hydrogens is 326 g/mol. The summed E-state index contributed by atoms with van der Waals surface area (Å²) in [5.74, 6) is 0.573. The first-order chi connectivity index (χ1) is 12.7. The van der Waals surface area contributed by atoms with Gasteiger partial charge in [-0.05, 0) is 66.3 Å². The number of nitrogens with one attached hydrogen (secondary N) is 1. The van der Waals surface area contributed by atoms with Crippen LogP contribution in [-0.2, 0) is 22.4 Å². The summed E-state index contributed by atoms with van der Waals surface area (Å²) in [6.07, 6.45) is 6.41. The molecule has 0 saturated heterocycles. The van der Waals surface area contributed by atoms with E-state index in [1.165, 1.54) is 29.9 Å². The molecule has 2 aromatic rings. The van der Waals surface area contributed by atoms with E-state index < -0.39 is 0 Å². The van der Waals surface area contributed by atoms with Crippen LogP contribution in [0.15, 0.2) is 48.5 Å². The summed E-state index contributed by atoms with van der Waals surface area (Å²) >= 11 is 0. The molecule has 0 fully saturated rings. The van der Waals surface area contributed by atoms with E-state index in [4.69, 9.17) is 4.74 Å². The number of carbonyl (C=O) groups excluding carboxylic acids is 1. The van der Waals surface area contributed by atoms with Gasteiger partial charge in [0.1, 0.15) is 5.75 Å². The molecule has 4 heteroatoms. The molecule has 0 saturated carbocycles. The Morgan fingerprint density at radius 3 is 2.92 bits per heavy atom. The monoisotopic (exact) mass is 351 g/mol. The van der Waals surface area contributed by atoms with Crippen molar-refractivity contribution in [2.45, 2.75) is 25.3 Å². The highest BCUT2D eigenvalue weighted by atomic mass is 16.5. The van der Waals surface area contributed by atoms with Crippen LogP contribution in [0, 0.1) is 0 Å². The van der Waals surface area contributed by atoms with Crippen LogP contribution in [0.1, 0.15) is 34.7 Å². The maximum absolute atomic E-state index is 11.2. The van der Waals surface area contributed by atoms with Gasteiger partial charge >= 0.3 is 5.97 Å². The van der Waals surface area contributed by atoms with E-state index in [0.29, 0.717) is 6.04 Å². The highest BCUT2D eigenvalue weighted by Crippen LogP contribution is 2.32. The molecule has 0 aliphatic heterocycles. The van der Waals surface area contributed by atoms with Crippen molar-refractivity contribution >= 4 is 12.0 Å². The molecule has 26 heavy (non-hydrogen) atoms. The lowest BCUT2D eigenvalue weighted by Crippen LogP contribution is -2.21. The van der Waals surface area contributed by atoms with Crippen molar-refractivity contribution in [1.29, 1.82) is 0 Å². The van der Waals surface area contributed by atoms with Crippen molar-refractivity contribution in [2.24, 2.45) is 0 Å². The van der Waals surface area contributed by atoms with Crippen LogP contribution in [0.5, 0.6) is 5.75 Å². The Hall–Kier alpha value is -2.59. The first kappa shape index (κ1) is 18.2. The molecule has 1 aliphatic carbocycles. The summed E-state index contributed by atoms with van der Waals surface area (Å²) in [5.41, 5.74) is 5.03. The Morgan fingerprint density at radius 1 is 1.23 bits per heavy atom. The van der Waals surface area contributed by atoms with Gasteiger partial charge in [0, 0.05) is 12.1 Å². The third kappa shape index (κ3) is 4.52. The zero-order chi connectivity index (χ0) is 18.4. The fraction of sp³-hybridized carbons (Fsp3) is 0.318. The smallest absolute Gasteiger partial charge is 0.330 e. The molecule has 0 heterocycles. The third-order valence-electron chi connectivity index (χ3n) is 4.80. The quantitative estimate of drug-likeness (QED) is 0.610. The van der Waals surface area contributed by atoms with Crippen LogP contribution in [0.25, 0.3) is 6.08 Å². The topological polar surface area (TPSA) is 47.6 Å². The molecule has 1 N–H and O–H groups in total. The predicted octanol–water partition coefficient (Wildman–Crippen LogP) is 3.70. The molecule has 2 aromatic carbocycles. The van der Waals surface area contributed by atoms with Gasteiger partial charge in [-0.25, -0.2) is 4.79 Å². The van der Waals surface area contributed by atoms with E-state index in [-0.39, 0.29) is 5.97 Å². The first-order valence-corrected chi connectivity index (χ1v) is 8.95. The lowest BCUT2D eigenvalue weighted by Gasteiger charge is -2.14. The van der Waals surface area contributed by atoms with Gasteiger partial charge in [0.25, 0.3) is 0 Å². The number of esters is 1. The van der Waals surface area contributed by atoms with Crippen LogP contribution >= 0.6 is 0 Å². The Bertz CT molecular complexity index is 798. The molecule has 1 aliphatic rings. The number of carbonyl (C=O) groups is 1. The van der Waals surface area contributed by atoms with E-state index in [1.807, 2.05) is 12.1 Å². The van der Waals surface area contributed by atoms with Crippen molar-refractivity contribution in [3.63, 3.8) is 0 Å². The average Bonchev–Trinajstić information content (AvgIpc) is 3.08. The Kier molecular flexibility index (Phi) is 6.08. The van der Waals surface area contributed by atoms with Crippen molar-refractivity contribution in [2.75, 3.05) is 20.8 Å². The van der Waals surface area contributed by atoms with E-state index >= 15 is 0 Å². The molecule has 0 spiro atoms. The zero-order valence-electron chi connectivity index (χ0n) is 15.3. The van der Waals surface area contributed by atoms with Gasteiger partial charge in [0.05, 0.1) is 14.2 Å². The summed E-state index contributed by atoms with van der Waals surface area (Å²) in [7, 11) is 3.08. The van der Waals surface area contributed by atoms with Crippen LogP contribution in [0.2, 0.25) is 0 Å².